The maximum atomic E-state index is 8.48. The second-order valence-electron chi connectivity index (χ2n) is 2.64. The van der Waals surface area contributed by atoms with E-state index in [2.05, 4.69) is 26.5 Å². The molecule has 0 radical (unpaired) electrons. The Bertz CT molecular complexity index is 483. The Kier molecular flexibility index (Phi) is 4.31. The standard InChI is InChI=1S/C10H7BrN4O/c1-16-8-2-3-10(9(11)4-8)15-14-7(5-12)6-13/h2-4,15H,1H3. The topological polar surface area (TPSA) is 81.2 Å². The maximum Gasteiger partial charge on any atom is 0.237 e. The van der Waals surface area contributed by atoms with Crippen LogP contribution in [0.2, 0.25) is 0 Å². The molecular weight excluding hydrogens is 272 g/mol. The van der Waals surface area contributed by atoms with Crippen LogP contribution >= 0.6 is 15.9 Å². The molecule has 5 nitrogen and oxygen atoms in total. The molecule has 0 unspecified atom stereocenters. The van der Waals surface area contributed by atoms with E-state index in [9.17, 15) is 0 Å². The number of hydrogen-bond acceptors (Lipinski definition) is 5. The first-order valence-corrected chi connectivity index (χ1v) is 4.98. The second-order valence-corrected chi connectivity index (χ2v) is 3.50. The quantitative estimate of drug-likeness (QED) is 0.679. The summed E-state index contributed by atoms with van der Waals surface area (Å²) in [6.07, 6.45) is 0. The number of benzene rings is 1. The van der Waals surface area contributed by atoms with Crippen LogP contribution in [0.15, 0.2) is 27.8 Å². The van der Waals surface area contributed by atoms with Gasteiger partial charge in [0.05, 0.1) is 12.8 Å². The van der Waals surface area contributed by atoms with E-state index in [1.165, 1.54) is 0 Å². The zero-order valence-corrected chi connectivity index (χ0v) is 9.95. The molecule has 0 aromatic heterocycles. The summed E-state index contributed by atoms with van der Waals surface area (Å²) < 4.78 is 5.75. The van der Waals surface area contributed by atoms with E-state index in [0.29, 0.717) is 11.4 Å². The number of nitrogens with one attached hydrogen (secondary N) is 1. The Labute approximate surface area is 101 Å². The lowest BCUT2D eigenvalue weighted by atomic mass is 10.3. The van der Waals surface area contributed by atoms with Gasteiger partial charge in [-0.2, -0.15) is 15.6 Å². The van der Waals surface area contributed by atoms with Crippen molar-refractivity contribution in [3.05, 3.63) is 22.7 Å². The number of nitrogens with zero attached hydrogens (tertiary/aromatic N) is 3. The average molecular weight is 279 g/mol. The van der Waals surface area contributed by atoms with Crippen LogP contribution in [0.1, 0.15) is 0 Å². The normalized spacial score (nSPS) is 8.50. The van der Waals surface area contributed by atoms with E-state index in [-0.39, 0.29) is 5.71 Å². The molecule has 80 valence electrons. The van der Waals surface area contributed by atoms with Gasteiger partial charge < -0.3 is 4.74 Å². The van der Waals surface area contributed by atoms with Crippen LogP contribution in [0.25, 0.3) is 0 Å². The second kappa shape index (κ2) is 5.74. The van der Waals surface area contributed by atoms with Crippen molar-refractivity contribution < 1.29 is 4.74 Å². The van der Waals surface area contributed by atoms with Gasteiger partial charge in [0.15, 0.2) is 0 Å². The monoisotopic (exact) mass is 278 g/mol. The molecule has 0 atom stereocenters. The summed E-state index contributed by atoms with van der Waals surface area (Å²) in [6, 6.07) is 8.51. The molecule has 0 saturated heterocycles. The van der Waals surface area contributed by atoms with Crippen molar-refractivity contribution in [2.45, 2.75) is 0 Å². The minimum Gasteiger partial charge on any atom is -0.497 e. The van der Waals surface area contributed by atoms with E-state index in [4.69, 9.17) is 15.3 Å². The van der Waals surface area contributed by atoms with Gasteiger partial charge >= 0.3 is 0 Å². The number of halogens is 1. The lowest BCUT2D eigenvalue weighted by Crippen LogP contribution is -1.97. The number of rotatable bonds is 3. The number of hydrazone groups is 1. The van der Waals surface area contributed by atoms with Crippen LogP contribution in [0.4, 0.5) is 5.69 Å². The van der Waals surface area contributed by atoms with Crippen LogP contribution in [0, 0.1) is 22.7 Å². The van der Waals surface area contributed by atoms with Crippen molar-refractivity contribution in [1.82, 2.24) is 0 Å². The van der Waals surface area contributed by atoms with Crippen molar-refractivity contribution in [2.75, 3.05) is 12.5 Å². The highest BCUT2D eigenvalue weighted by atomic mass is 79.9. The summed E-state index contributed by atoms with van der Waals surface area (Å²) in [7, 11) is 1.57. The van der Waals surface area contributed by atoms with Gasteiger partial charge in [0, 0.05) is 4.47 Å². The van der Waals surface area contributed by atoms with Gasteiger partial charge in [-0.05, 0) is 34.1 Å². The summed E-state index contributed by atoms with van der Waals surface area (Å²) >= 11 is 3.30. The maximum absolute atomic E-state index is 8.48. The molecule has 0 aliphatic heterocycles. The van der Waals surface area contributed by atoms with Crippen molar-refractivity contribution in [2.24, 2.45) is 5.10 Å². The van der Waals surface area contributed by atoms with Crippen LogP contribution in [0.5, 0.6) is 5.75 Å². The van der Waals surface area contributed by atoms with Gasteiger partial charge in [0.2, 0.25) is 5.71 Å². The number of nitriles is 2. The first kappa shape index (κ1) is 12.0. The van der Waals surface area contributed by atoms with E-state index in [1.807, 2.05) is 0 Å². The first-order valence-electron chi connectivity index (χ1n) is 4.18. The Morgan fingerprint density at radius 1 is 1.44 bits per heavy atom. The SMILES string of the molecule is COc1ccc(NN=C(C#N)C#N)c(Br)c1. The lowest BCUT2D eigenvalue weighted by Gasteiger charge is -2.05. The molecule has 1 aromatic rings. The number of methoxy groups -OCH3 is 1. The largest absolute Gasteiger partial charge is 0.497 e. The highest BCUT2D eigenvalue weighted by molar-refractivity contribution is 9.10. The number of ether oxygens (including phenoxy) is 1. The Hall–Kier alpha value is -2.05. The van der Waals surface area contributed by atoms with Gasteiger partial charge in [-0.25, -0.2) is 0 Å². The van der Waals surface area contributed by atoms with Gasteiger partial charge in [-0.1, -0.05) is 0 Å². The van der Waals surface area contributed by atoms with Crippen LogP contribution in [0.3, 0.4) is 0 Å². The van der Waals surface area contributed by atoms with Gasteiger partial charge in [0.25, 0.3) is 0 Å². The fourth-order valence-electron chi connectivity index (χ4n) is 0.905. The third-order valence-electron chi connectivity index (χ3n) is 1.68. The molecule has 0 aliphatic rings. The molecule has 0 aliphatic carbocycles. The lowest BCUT2D eigenvalue weighted by molar-refractivity contribution is 0.414. The van der Waals surface area contributed by atoms with E-state index in [1.54, 1.807) is 37.4 Å². The van der Waals surface area contributed by atoms with Crippen molar-refractivity contribution in [1.29, 1.82) is 10.5 Å². The molecule has 0 saturated carbocycles. The van der Waals surface area contributed by atoms with Crippen LogP contribution < -0.4 is 10.2 Å². The molecule has 0 heterocycles. The summed E-state index contributed by atoms with van der Waals surface area (Å²) in [5, 5.41) is 20.6. The van der Waals surface area contributed by atoms with E-state index >= 15 is 0 Å². The summed E-state index contributed by atoms with van der Waals surface area (Å²) in [5.41, 5.74) is 3.02. The van der Waals surface area contributed by atoms with Gasteiger partial charge in [0.1, 0.15) is 17.9 Å². The minimum atomic E-state index is -0.234. The molecule has 0 spiro atoms. The molecule has 1 N–H and O–H groups in total. The van der Waals surface area contributed by atoms with Gasteiger partial charge in [-0.3, -0.25) is 5.43 Å². The molecule has 1 rings (SSSR count). The Morgan fingerprint density at radius 2 is 2.12 bits per heavy atom. The number of hydrogen-bond donors (Lipinski definition) is 1. The Morgan fingerprint density at radius 3 is 2.62 bits per heavy atom. The summed E-state index contributed by atoms with van der Waals surface area (Å²) in [5.74, 6) is 0.696. The van der Waals surface area contributed by atoms with E-state index < -0.39 is 0 Å². The molecular formula is C10H7BrN4O. The van der Waals surface area contributed by atoms with Crippen molar-refractivity contribution in [3.8, 4) is 17.9 Å². The zero-order chi connectivity index (χ0) is 12.0. The van der Waals surface area contributed by atoms with Crippen molar-refractivity contribution >= 4 is 27.3 Å². The third-order valence-corrected chi connectivity index (χ3v) is 2.33. The van der Waals surface area contributed by atoms with Crippen LogP contribution in [-0.4, -0.2) is 12.8 Å². The molecule has 0 fully saturated rings. The Balaban J connectivity index is 2.88. The molecule has 0 amide bonds. The predicted octanol–water partition coefficient (Wildman–Crippen LogP) is 2.27. The average Bonchev–Trinajstić information content (AvgIpc) is 2.32. The molecule has 6 heteroatoms. The van der Waals surface area contributed by atoms with Gasteiger partial charge in [-0.15, -0.1) is 0 Å². The van der Waals surface area contributed by atoms with Crippen LogP contribution in [-0.2, 0) is 0 Å². The highest BCUT2D eigenvalue weighted by Crippen LogP contribution is 2.26. The summed E-state index contributed by atoms with van der Waals surface area (Å²) in [6.45, 7) is 0. The smallest absolute Gasteiger partial charge is 0.237 e. The first-order chi connectivity index (χ1) is 7.71. The highest BCUT2D eigenvalue weighted by Gasteiger charge is 2.01. The molecule has 0 bridgehead atoms. The third kappa shape index (κ3) is 2.97. The van der Waals surface area contributed by atoms with Crippen molar-refractivity contribution in [3.63, 3.8) is 0 Å². The molecule has 1 aromatic carbocycles. The van der Waals surface area contributed by atoms with E-state index in [0.717, 1.165) is 4.47 Å². The number of anilines is 1. The zero-order valence-electron chi connectivity index (χ0n) is 8.36. The fourth-order valence-corrected chi connectivity index (χ4v) is 1.35. The fraction of sp³-hybridized carbons (Fsp3) is 0.100. The molecule has 16 heavy (non-hydrogen) atoms. The summed E-state index contributed by atoms with van der Waals surface area (Å²) in [4.78, 5) is 0. The predicted molar refractivity (Wildman–Crippen MR) is 63.0 cm³/mol. The minimum absolute atomic E-state index is 0.234.